The number of rotatable bonds is 6. The maximum Gasteiger partial charge on any atom is 0.242 e. The lowest BCUT2D eigenvalue weighted by molar-refractivity contribution is -0.142. The number of amides is 2. The van der Waals surface area contributed by atoms with Gasteiger partial charge in [0.1, 0.15) is 0 Å². The van der Waals surface area contributed by atoms with Gasteiger partial charge in [0.05, 0.1) is 19.8 Å². The van der Waals surface area contributed by atoms with E-state index in [0.717, 1.165) is 58.7 Å². The molecule has 6 heteroatoms. The van der Waals surface area contributed by atoms with Gasteiger partial charge in [-0.05, 0) is 25.7 Å². The first-order valence-corrected chi connectivity index (χ1v) is 8.97. The molecule has 0 spiro atoms. The topological polar surface area (TPSA) is 53.1 Å². The molecule has 2 amide bonds. The van der Waals surface area contributed by atoms with Crippen molar-refractivity contribution in [1.29, 1.82) is 0 Å². The fraction of sp³-hybridized carbons (Fsp3) is 0.882. The molecule has 6 nitrogen and oxygen atoms in total. The molecule has 2 fully saturated rings. The van der Waals surface area contributed by atoms with Crippen molar-refractivity contribution < 1.29 is 14.3 Å². The fourth-order valence-corrected chi connectivity index (χ4v) is 3.44. The van der Waals surface area contributed by atoms with E-state index in [1.165, 1.54) is 6.42 Å². The standard InChI is InChI=1S/C17H31N3O3/c1-3-16-6-4-5-7-20(16)17(22)14-19(15(2)21)9-8-18-10-12-23-13-11-18/h16H,3-14H2,1-2H3. The van der Waals surface area contributed by atoms with E-state index in [-0.39, 0.29) is 18.4 Å². The number of ether oxygens (including phenoxy) is 1. The van der Waals surface area contributed by atoms with Gasteiger partial charge in [-0.2, -0.15) is 0 Å². The molecule has 1 unspecified atom stereocenters. The van der Waals surface area contributed by atoms with Gasteiger partial charge in [-0.1, -0.05) is 6.92 Å². The minimum absolute atomic E-state index is 0.0170. The third kappa shape index (κ3) is 5.46. The number of likely N-dealkylation sites (tertiary alicyclic amines) is 1. The van der Waals surface area contributed by atoms with E-state index < -0.39 is 0 Å². The zero-order chi connectivity index (χ0) is 16.7. The van der Waals surface area contributed by atoms with E-state index in [1.54, 1.807) is 11.8 Å². The molecule has 2 aliphatic heterocycles. The monoisotopic (exact) mass is 325 g/mol. The Morgan fingerprint density at radius 3 is 2.57 bits per heavy atom. The zero-order valence-electron chi connectivity index (χ0n) is 14.6. The van der Waals surface area contributed by atoms with Gasteiger partial charge in [-0.25, -0.2) is 0 Å². The van der Waals surface area contributed by atoms with Crippen LogP contribution in [-0.2, 0) is 14.3 Å². The third-order valence-corrected chi connectivity index (χ3v) is 4.98. The second-order valence-electron chi connectivity index (χ2n) is 6.54. The Bertz CT molecular complexity index is 397. The lowest BCUT2D eigenvalue weighted by Gasteiger charge is -2.37. The lowest BCUT2D eigenvalue weighted by atomic mass is 10.00. The van der Waals surface area contributed by atoms with Crippen LogP contribution in [0.25, 0.3) is 0 Å². The first-order valence-electron chi connectivity index (χ1n) is 8.97. The first-order chi connectivity index (χ1) is 11.1. The van der Waals surface area contributed by atoms with Crippen molar-refractivity contribution in [1.82, 2.24) is 14.7 Å². The van der Waals surface area contributed by atoms with Gasteiger partial charge in [0.25, 0.3) is 0 Å². The molecule has 2 rings (SSSR count). The summed E-state index contributed by atoms with van der Waals surface area (Å²) in [7, 11) is 0. The Morgan fingerprint density at radius 1 is 1.17 bits per heavy atom. The molecule has 0 saturated carbocycles. The van der Waals surface area contributed by atoms with E-state index in [9.17, 15) is 9.59 Å². The summed E-state index contributed by atoms with van der Waals surface area (Å²) in [6.07, 6.45) is 4.38. The van der Waals surface area contributed by atoms with Crippen molar-refractivity contribution in [2.45, 2.75) is 45.6 Å². The van der Waals surface area contributed by atoms with Crippen LogP contribution in [0.3, 0.4) is 0 Å². The first kappa shape index (κ1) is 18.2. The van der Waals surface area contributed by atoms with Gasteiger partial charge in [0.15, 0.2) is 0 Å². The van der Waals surface area contributed by atoms with Crippen LogP contribution in [0.5, 0.6) is 0 Å². The minimum Gasteiger partial charge on any atom is -0.379 e. The van der Waals surface area contributed by atoms with Crippen molar-refractivity contribution in [3.05, 3.63) is 0 Å². The summed E-state index contributed by atoms with van der Waals surface area (Å²) >= 11 is 0. The van der Waals surface area contributed by atoms with Crippen LogP contribution in [-0.4, -0.2) is 85.0 Å². The quantitative estimate of drug-likeness (QED) is 0.730. The SMILES string of the molecule is CCC1CCCCN1C(=O)CN(CCN1CCOCC1)C(C)=O. The largest absolute Gasteiger partial charge is 0.379 e. The van der Waals surface area contributed by atoms with E-state index in [2.05, 4.69) is 11.8 Å². The van der Waals surface area contributed by atoms with E-state index in [4.69, 9.17) is 4.74 Å². The minimum atomic E-state index is -0.0170. The Hall–Kier alpha value is -1.14. The van der Waals surface area contributed by atoms with E-state index in [0.29, 0.717) is 12.6 Å². The molecule has 0 aromatic rings. The molecule has 0 N–H and O–H groups in total. The van der Waals surface area contributed by atoms with Crippen LogP contribution in [0.1, 0.15) is 39.5 Å². The van der Waals surface area contributed by atoms with Crippen molar-refractivity contribution in [2.75, 3.05) is 52.5 Å². The summed E-state index contributed by atoms with van der Waals surface area (Å²) in [5, 5.41) is 0. The molecule has 0 aromatic heterocycles. The van der Waals surface area contributed by atoms with Crippen molar-refractivity contribution in [2.24, 2.45) is 0 Å². The molecule has 2 heterocycles. The maximum absolute atomic E-state index is 12.6. The average Bonchev–Trinajstić information content (AvgIpc) is 2.59. The predicted octanol–water partition coefficient (Wildman–Crippen LogP) is 0.958. The zero-order valence-corrected chi connectivity index (χ0v) is 14.6. The molecule has 1 atom stereocenters. The summed E-state index contributed by atoms with van der Waals surface area (Å²) < 4.78 is 5.34. The number of hydrogen-bond donors (Lipinski definition) is 0. The summed E-state index contributed by atoms with van der Waals surface area (Å²) in [5.41, 5.74) is 0. The van der Waals surface area contributed by atoms with Crippen molar-refractivity contribution >= 4 is 11.8 Å². The van der Waals surface area contributed by atoms with Gasteiger partial charge < -0.3 is 14.5 Å². The van der Waals surface area contributed by atoms with Gasteiger partial charge in [0, 0.05) is 45.7 Å². The second kappa shape index (κ2) is 9.23. The molecule has 23 heavy (non-hydrogen) atoms. The molecule has 0 bridgehead atoms. The highest BCUT2D eigenvalue weighted by Crippen LogP contribution is 2.19. The lowest BCUT2D eigenvalue weighted by Crippen LogP contribution is -2.50. The Labute approximate surface area is 139 Å². The Balaban J connectivity index is 1.84. The van der Waals surface area contributed by atoms with Gasteiger partial charge in [0.2, 0.25) is 11.8 Å². The molecule has 0 aromatic carbocycles. The molecule has 2 aliphatic rings. The van der Waals surface area contributed by atoms with Gasteiger partial charge >= 0.3 is 0 Å². The average molecular weight is 325 g/mol. The van der Waals surface area contributed by atoms with Crippen molar-refractivity contribution in [3.8, 4) is 0 Å². The second-order valence-corrected chi connectivity index (χ2v) is 6.54. The highest BCUT2D eigenvalue weighted by Gasteiger charge is 2.27. The molecule has 132 valence electrons. The van der Waals surface area contributed by atoms with E-state index >= 15 is 0 Å². The normalized spacial score (nSPS) is 22.9. The number of hydrogen-bond acceptors (Lipinski definition) is 4. The Kier molecular flexibility index (Phi) is 7.30. The highest BCUT2D eigenvalue weighted by molar-refractivity contribution is 5.84. The number of morpholine rings is 1. The van der Waals surface area contributed by atoms with Crippen molar-refractivity contribution in [3.63, 3.8) is 0 Å². The number of carbonyl (C=O) groups excluding carboxylic acids is 2. The van der Waals surface area contributed by atoms with Gasteiger partial charge in [-0.3, -0.25) is 14.5 Å². The predicted molar refractivity (Wildman–Crippen MR) is 89.2 cm³/mol. The number of nitrogens with zero attached hydrogens (tertiary/aromatic N) is 3. The molecular formula is C17H31N3O3. The summed E-state index contributed by atoms with van der Waals surface area (Å²) in [5.74, 6) is 0.0883. The molecular weight excluding hydrogens is 294 g/mol. The van der Waals surface area contributed by atoms with Crippen LogP contribution >= 0.6 is 0 Å². The van der Waals surface area contributed by atoms with E-state index in [1.807, 2.05) is 4.90 Å². The fourth-order valence-electron chi connectivity index (χ4n) is 3.44. The Morgan fingerprint density at radius 2 is 1.91 bits per heavy atom. The summed E-state index contributed by atoms with van der Waals surface area (Å²) in [6.45, 7) is 9.50. The summed E-state index contributed by atoms with van der Waals surface area (Å²) in [6, 6.07) is 0.351. The molecule has 2 saturated heterocycles. The van der Waals surface area contributed by atoms with Crippen LogP contribution in [0, 0.1) is 0 Å². The van der Waals surface area contributed by atoms with Gasteiger partial charge in [-0.15, -0.1) is 0 Å². The molecule has 0 aliphatic carbocycles. The number of piperidine rings is 1. The number of carbonyl (C=O) groups is 2. The van der Waals surface area contributed by atoms with Crippen LogP contribution in [0.2, 0.25) is 0 Å². The summed E-state index contributed by atoms with van der Waals surface area (Å²) in [4.78, 5) is 30.5. The van der Waals surface area contributed by atoms with Crippen LogP contribution in [0.4, 0.5) is 0 Å². The smallest absolute Gasteiger partial charge is 0.242 e. The van der Waals surface area contributed by atoms with Crippen LogP contribution in [0.15, 0.2) is 0 Å². The maximum atomic E-state index is 12.6. The van der Waals surface area contributed by atoms with Crippen LogP contribution < -0.4 is 0 Å². The molecule has 0 radical (unpaired) electrons. The third-order valence-electron chi connectivity index (χ3n) is 4.98. The highest BCUT2D eigenvalue weighted by atomic mass is 16.5.